The highest BCUT2D eigenvalue weighted by Crippen LogP contribution is 2.30. The molecule has 0 radical (unpaired) electrons. The van der Waals surface area contributed by atoms with Gasteiger partial charge in [-0.25, -0.2) is 4.68 Å². The SMILES string of the molecule is Cc1c(C2CCNCC2)nn(-c2ccccc2)c1N. The standard InChI is InChI=1S/C15H20N4/c1-11-14(12-7-9-17-10-8-12)18-19(15(11)16)13-5-3-2-4-6-13/h2-6,12,17H,7-10,16H2,1H3. The number of piperidine rings is 1. The van der Waals surface area contributed by atoms with Crippen LogP contribution in [0.15, 0.2) is 30.3 Å². The molecule has 1 saturated heterocycles. The third-order valence-electron chi connectivity index (χ3n) is 3.93. The van der Waals surface area contributed by atoms with Gasteiger partial charge >= 0.3 is 0 Å². The fourth-order valence-electron chi connectivity index (χ4n) is 2.78. The van der Waals surface area contributed by atoms with E-state index in [1.807, 2.05) is 35.0 Å². The van der Waals surface area contributed by atoms with Crippen LogP contribution in [-0.2, 0) is 0 Å². The van der Waals surface area contributed by atoms with E-state index in [2.05, 4.69) is 12.2 Å². The van der Waals surface area contributed by atoms with Gasteiger partial charge in [-0.1, -0.05) is 18.2 Å². The zero-order chi connectivity index (χ0) is 13.2. The van der Waals surface area contributed by atoms with Gasteiger partial charge in [0, 0.05) is 11.5 Å². The van der Waals surface area contributed by atoms with Crippen molar-refractivity contribution in [1.82, 2.24) is 15.1 Å². The van der Waals surface area contributed by atoms with E-state index in [1.165, 1.54) is 5.69 Å². The summed E-state index contributed by atoms with van der Waals surface area (Å²) in [5.41, 5.74) is 9.56. The normalized spacial score (nSPS) is 16.7. The molecule has 4 nitrogen and oxygen atoms in total. The molecule has 0 amide bonds. The van der Waals surface area contributed by atoms with E-state index in [9.17, 15) is 0 Å². The first-order valence-electron chi connectivity index (χ1n) is 6.88. The number of rotatable bonds is 2. The molecule has 100 valence electrons. The quantitative estimate of drug-likeness (QED) is 0.866. The lowest BCUT2D eigenvalue weighted by Crippen LogP contribution is -2.27. The van der Waals surface area contributed by atoms with Crippen molar-refractivity contribution in [3.05, 3.63) is 41.6 Å². The van der Waals surface area contributed by atoms with Gasteiger partial charge in [-0.05, 0) is 45.0 Å². The molecule has 3 N–H and O–H groups in total. The summed E-state index contributed by atoms with van der Waals surface area (Å²) >= 11 is 0. The fraction of sp³-hybridized carbons (Fsp3) is 0.400. The van der Waals surface area contributed by atoms with Gasteiger partial charge in [0.25, 0.3) is 0 Å². The van der Waals surface area contributed by atoms with Crippen LogP contribution in [0, 0.1) is 6.92 Å². The maximum atomic E-state index is 6.23. The number of aromatic nitrogens is 2. The molecule has 0 saturated carbocycles. The Morgan fingerprint density at radius 1 is 1.21 bits per heavy atom. The van der Waals surface area contributed by atoms with Gasteiger partial charge in [-0.2, -0.15) is 5.10 Å². The molecular weight excluding hydrogens is 236 g/mol. The molecule has 1 aliphatic rings. The molecule has 0 unspecified atom stereocenters. The summed E-state index contributed by atoms with van der Waals surface area (Å²) < 4.78 is 1.87. The summed E-state index contributed by atoms with van der Waals surface area (Å²) in [6.07, 6.45) is 2.29. The Balaban J connectivity index is 1.99. The number of anilines is 1. The van der Waals surface area contributed by atoms with Crippen LogP contribution in [0.5, 0.6) is 0 Å². The molecule has 1 fully saturated rings. The van der Waals surface area contributed by atoms with Crippen LogP contribution < -0.4 is 11.1 Å². The van der Waals surface area contributed by atoms with Crippen LogP contribution >= 0.6 is 0 Å². The zero-order valence-corrected chi connectivity index (χ0v) is 11.3. The van der Waals surface area contributed by atoms with E-state index in [0.29, 0.717) is 5.92 Å². The Labute approximate surface area is 113 Å². The third kappa shape index (κ3) is 2.24. The van der Waals surface area contributed by atoms with Crippen molar-refractivity contribution < 1.29 is 0 Å². The Kier molecular flexibility index (Phi) is 3.25. The smallest absolute Gasteiger partial charge is 0.130 e. The van der Waals surface area contributed by atoms with Crippen molar-refractivity contribution in [2.75, 3.05) is 18.8 Å². The van der Waals surface area contributed by atoms with E-state index in [0.717, 1.165) is 43.0 Å². The predicted molar refractivity (Wildman–Crippen MR) is 77.6 cm³/mol. The van der Waals surface area contributed by atoms with E-state index in [1.54, 1.807) is 0 Å². The molecule has 1 aromatic heterocycles. The second-order valence-electron chi connectivity index (χ2n) is 5.17. The average Bonchev–Trinajstić information content (AvgIpc) is 2.77. The highest BCUT2D eigenvalue weighted by Gasteiger charge is 2.22. The minimum Gasteiger partial charge on any atom is -0.383 e. The molecule has 1 aromatic carbocycles. The summed E-state index contributed by atoms with van der Waals surface area (Å²) in [5.74, 6) is 1.30. The van der Waals surface area contributed by atoms with Gasteiger partial charge in [0.15, 0.2) is 0 Å². The highest BCUT2D eigenvalue weighted by atomic mass is 15.3. The Morgan fingerprint density at radius 2 is 1.89 bits per heavy atom. The molecule has 0 atom stereocenters. The molecular formula is C15H20N4. The fourth-order valence-corrected chi connectivity index (χ4v) is 2.78. The number of nitrogen functional groups attached to an aromatic ring is 1. The summed E-state index contributed by atoms with van der Waals surface area (Å²) in [4.78, 5) is 0. The van der Waals surface area contributed by atoms with Gasteiger partial charge in [0.2, 0.25) is 0 Å². The van der Waals surface area contributed by atoms with Crippen LogP contribution in [0.25, 0.3) is 5.69 Å². The summed E-state index contributed by atoms with van der Waals surface area (Å²) in [5, 5.41) is 8.16. The molecule has 1 aliphatic heterocycles. The van der Waals surface area contributed by atoms with Gasteiger partial charge < -0.3 is 11.1 Å². The first-order chi connectivity index (χ1) is 9.27. The van der Waals surface area contributed by atoms with Gasteiger partial charge in [-0.3, -0.25) is 0 Å². The highest BCUT2D eigenvalue weighted by molar-refractivity contribution is 5.50. The number of hydrogen-bond donors (Lipinski definition) is 2. The van der Waals surface area contributed by atoms with E-state index < -0.39 is 0 Å². The minimum atomic E-state index is 0.536. The van der Waals surface area contributed by atoms with Crippen LogP contribution in [0.2, 0.25) is 0 Å². The van der Waals surface area contributed by atoms with Crippen molar-refractivity contribution in [2.24, 2.45) is 0 Å². The van der Waals surface area contributed by atoms with Crippen molar-refractivity contribution in [2.45, 2.75) is 25.7 Å². The number of nitrogens with zero attached hydrogens (tertiary/aromatic N) is 2. The van der Waals surface area contributed by atoms with Crippen molar-refractivity contribution in [1.29, 1.82) is 0 Å². The van der Waals surface area contributed by atoms with E-state index >= 15 is 0 Å². The average molecular weight is 256 g/mol. The second-order valence-corrected chi connectivity index (χ2v) is 5.17. The molecule has 4 heteroatoms. The van der Waals surface area contributed by atoms with Gasteiger partial charge in [0.1, 0.15) is 5.82 Å². The maximum absolute atomic E-state index is 6.23. The molecule has 0 spiro atoms. The number of benzene rings is 1. The number of para-hydroxylation sites is 1. The minimum absolute atomic E-state index is 0.536. The molecule has 2 heterocycles. The largest absolute Gasteiger partial charge is 0.383 e. The van der Waals surface area contributed by atoms with Gasteiger partial charge in [-0.15, -0.1) is 0 Å². The zero-order valence-electron chi connectivity index (χ0n) is 11.3. The van der Waals surface area contributed by atoms with Crippen molar-refractivity contribution in [3.8, 4) is 5.69 Å². The topological polar surface area (TPSA) is 55.9 Å². The molecule has 3 rings (SSSR count). The number of hydrogen-bond acceptors (Lipinski definition) is 3. The lowest BCUT2D eigenvalue weighted by Gasteiger charge is -2.21. The predicted octanol–water partition coefficient (Wildman–Crippen LogP) is 2.23. The Morgan fingerprint density at radius 3 is 2.58 bits per heavy atom. The van der Waals surface area contributed by atoms with Crippen LogP contribution in [0.1, 0.15) is 30.0 Å². The lowest BCUT2D eigenvalue weighted by molar-refractivity contribution is 0.450. The molecule has 0 bridgehead atoms. The maximum Gasteiger partial charge on any atom is 0.130 e. The monoisotopic (exact) mass is 256 g/mol. The Hall–Kier alpha value is -1.81. The van der Waals surface area contributed by atoms with Crippen molar-refractivity contribution >= 4 is 5.82 Å². The third-order valence-corrected chi connectivity index (χ3v) is 3.93. The van der Waals surface area contributed by atoms with E-state index in [4.69, 9.17) is 10.8 Å². The van der Waals surface area contributed by atoms with Crippen LogP contribution in [0.4, 0.5) is 5.82 Å². The molecule has 19 heavy (non-hydrogen) atoms. The van der Waals surface area contributed by atoms with Gasteiger partial charge in [0.05, 0.1) is 11.4 Å². The van der Waals surface area contributed by atoms with Crippen LogP contribution in [-0.4, -0.2) is 22.9 Å². The van der Waals surface area contributed by atoms with Crippen LogP contribution in [0.3, 0.4) is 0 Å². The molecule has 0 aliphatic carbocycles. The first-order valence-corrected chi connectivity index (χ1v) is 6.88. The van der Waals surface area contributed by atoms with E-state index in [-0.39, 0.29) is 0 Å². The number of nitrogens with one attached hydrogen (secondary N) is 1. The lowest BCUT2D eigenvalue weighted by atomic mass is 9.92. The van der Waals surface area contributed by atoms with Crippen molar-refractivity contribution in [3.63, 3.8) is 0 Å². The Bertz CT molecular complexity index is 553. The number of nitrogens with two attached hydrogens (primary N) is 1. The second kappa shape index (κ2) is 5.05. The summed E-state index contributed by atoms with van der Waals surface area (Å²) in [7, 11) is 0. The molecule has 2 aromatic rings. The summed E-state index contributed by atoms with van der Waals surface area (Å²) in [6, 6.07) is 10.1. The first kappa shape index (κ1) is 12.2. The summed E-state index contributed by atoms with van der Waals surface area (Å²) in [6.45, 7) is 4.23.